The van der Waals surface area contributed by atoms with E-state index < -0.39 is 5.97 Å². The number of rotatable bonds is 6. The average Bonchev–Trinajstić information content (AvgIpc) is 2.83. The summed E-state index contributed by atoms with van der Waals surface area (Å²) in [4.78, 5) is 18.8. The SMILES string of the molecule is O=C(O)CCc1csc(NCc2cccnc2)n1. The van der Waals surface area contributed by atoms with Gasteiger partial charge in [-0.15, -0.1) is 11.3 Å². The minimum absolute atomic E-state index is 0.117. The molecule has 5 nitrogen and oxygen atoms in total. The molecule has 0 aromatic carbocycles. The van der Waals surface area contributed by atoms with Crippen LogP contribution in [0.3, 0.4) is 0 Å². The van der Waals surface area contributed by atoms with Crippen LogP contribution < -0.4 is 5.32 Å². The van der Waals surface area contributed by atoms with Crippen molar-refractivity contribution < 1.29 is 9.90 Å². The molecule has 0 spiro atoms. The first kappa shape index (κ1) is 12.5. The van der Waals surface area contributed by atoms with Gasteiger partial charge in [-0.25, -0.2) is 4.98 Å². The summed E-state index contributed by atoms with van der Waals surface area (Å²) in [5.74, 6) is -0.798. The molecule has 0 aliphatic rings. The molecule has 6 heteroatoms. The first-order valence-electron chi connectivity index (χ1n) is 5.53. The van der Waals surface area contributed by atoms with Crippen molar-refractivity contribution in [1.82, 2.24) is 9.97 Å². The quantitative estimate of drug-likeness (QED) is 0.835. The highest BCUT2D eigenvalue weighted by Crippen LogP contribution is 2.17. The van der Waals surface area contributed by atoms with Crippen molar-refractivity contribution in [3.63, 3.8) is 0 Å². The number of hydrogen-bond donors (Lipinski definition) is 2. The maximum Gasteiger partial charge on any atom is 0.303 e. The monoisotopic (exact) mass is 263 g/mol. The number of anilines is 1. The number of aryl methyl sites for hydroxylation is 1. The lowest BCUT2D eigenvalue weighted by Gasteiger charge is -2.01. The molecule has 0 aliphatic carbocycles. The molecule has 0 amide bonds. The predicted molar refractivity (Wildman–Crippen MR) is 69.6 cm³/mol. The molecule has 2 aromatic rings. The maximum absolute atomic E-state index is 10.4. The average molecular weight is 263 g/mol. The Bertz CT molecular complexity index is 513. The van der Waals surface area contributed by atoms with Gasteiger partial charge in [-0.3, -0.25) is 9.78 Å². The number of thiazole rings is 1. The molecule has 0 atom stereocenters. The molecule has 0 saturated heterocycles. The Hall–Kier alpha value is -1.95. The summed E-state index contributed by atoms with van der Waals surface area (Å²) in [5, 5.41) is 14.5. The smallest absolute Gasteiger partial charge is 0.303 e. The second-order valence-corrected chi connectivity index (χ2v) is 4.61. The lowest BCUT2D eigenvalue weighted by Crippen LogP contribution is -2.00. The molecule has 0 saturated carbocycles. The molecular weight excluding hydrogens is 250 g/mol. The van der Waals surface area contributed by atoms with Gasteiger partial charge in [0.05, 0.1) is 12.1 Å². The van der Waals surface area contributed by atoms with E-state index in [-0.39, 0.29) is 6.42 Å². The van der Waals surface area contributed by atoms with Crippen LogP contribution in [-0.4, -0.2) is 21.0 Å². The fourth-order valence-electron chi connectivity index (χ4n) is 1.42. The van der Waals surface area contributed by atoms with Gasteiger partial charge in [-0.05, 0) is 11.6 Å². The normalized spacial score (nSPS) is 10.2. The second kappa shape index (κ2) is 6.11. The Balaban J connectivity index is 1.85. The summed E-state index contributed by atoms with van der Waals surface area (Å²) in [6, 6.07) is 3.87. The second-order valence-electron chi connectivity index (χ2n) is 3.75. The molecule has 2 rings (SSSR count). The van der Waals surface area contributed by atoms with E-state index in [1.165, 1.54) is 11.3 Å². The van der Waals surface area contributed by atoms with Crippen LogP contribution >= 0.6 is 11.3 Å². The van der Waals surface area contributed by atoms with Crippen LogP contribution in [0, 0.1) is 0 Å². The number of carboxylic acids is 1. The van der Waals surface area contributed by atoms with E-state index in [0.29, 0.717) is 13.0 Å². The molecule has 2 aromatic heterocycles. The summed E-state index contributed by atoms with van der Waals surface area (Å²) in [7, 11) is 0. The molecule has 0 aliphatic heterocycles. The molecular formula is C12H13N3O2S. The third-order valence-corrected chi connectivity index (χ3v) is 3.16. The van der Waals surface area contributed by atoms with Crippen LogP contribution in [0.25, 0.3) is 0 Å². The van der Waals surface area contributed by atoms with Gasteiger partial charge in [0.15, 0.2) is 5.13 Å². The lowest BCUT2D eigenvalue weighted by atomic mass is 10.2. The van der Waals surface area contributed by atoms with Crippen molar-refractivity contribution in [1.29, 1.82) is 0 Å². The van der Waals surface area contributed by atoms with E-state index in [1.807, 2.05) is 17.5 Å². The summed E-state index contributed by atoms with van der Waals surface area (Å²) in [6.07, 6.45) is 4.12. The molecule has 0 radical (unpaired) electrons. The molecule has 94 valence electrons. The zero-order valence-corrected chi connectivity index (χ0v) is 10.5. The zero-order chi connectivity index (χ0) is 12.8. The lowest BCUT2D eigenvalue weighted by molar-refractivity contribution is -0.136. The highest BCUT2D eigenvalue weighted by molar-refractivity contribution is 7.13. The van der Waals surface area contributed by atoms with Gasteiger partial charge < -0.3 is 10.4 Å². The van der Waals surface area contributed by atoms with Gasteiger partial charge in [0, 0.05) is 30.7 Å². The number of aromatic nitrogens is 2. The highest BCUT2D eigenvalue weighted by atomic mass is 32.1. The van der Waals surface area contributed by atoms with Crippen molar-refractivity contribution in [2.75, 3.05) is 5.32 Å². The van der Waals surface area contributed by atoms with Gasteiger partial charge in [0.1, 0.15) is 0 Å². The Kier molecular flexibility index (Phi) is 4.25. The molecule has 0 fully saturated rings. The third kappa shape index (κ3) is 3.81. The van der Waals surface area contributed by atoms with E-state index in [0.717, 1.165) is 16.4 Å². The number of hydrogen-bond acceptors (Lipinski definition) is 5. The van der Waals surface area contributed by atoms with Crippen molar-refractivity contribution in [2.24, 2.45) is 0 Å². The maximum atomic E-state index is 10.4. The van der Waals surface area contributed by atoms with Crippen molar-refractivity contribution in [2.45, 2.75) is 19.4 Å². The van der Waals surface area contributed by atoms with Crippen LogP contribution in [0.4, 0.5) is 5.13 Å². The van der Waals surface area contributed by atoms with Crippen LogP contribution in [0.1, 0.15) is 17.7 Å². The van der Waals surface area contributed by atoms with Gasteiger partial charge >= 0.3 is 5.97 Å². The van der Waals surface area contributed by atoms with E-state index in [9.17, 15) is 4.79 Å². The zero-order valence-electron chi connectivity index (χ0n) is 9.67. The molecule has 2 heterocycles. The largest absolute Gasteiger partial charge is 0.481 e. The number of carbonyl (C=O) groups is 1. The Morgan fingerprint density at radius 3 is 3.11 bits per heavy atom. The standard InChI is InChI=1S/C12H13N3O2S/c16-11(17)4-3-10-8-18-12(15-10)14-7-9-2-1-5-13-6-9/h1-2,5-6,8H,3-4,7H2,(H,14,15)(H,16,17). The Morgan fingerprint density at radius 2 is 2.39 bits per heavy atom. The number of nitrogens with zero attached hydrogens (tertiary/aromatic N) is 2. The highest BCUT2D eigenvalue weighted by Gasteiger charge is 2.04. The van der Waals surface area contributed by atoms with Crippen LogP contribution in [-0.2, 0) is 17.8 Å². The van der Waals surface area contributed by atoms with Crippen molar-refractivity contribution >= 4 is 22.4 Å². The predicted octanol–water partition coefficient (Wildman–Crippen LogP) is 2.17. The minimum Gasteiger partial charge on any atom is -0.481 e. The van der Waals surface area contributed by atoms with Crippen LogP contribution in [0.2, 0.25) is 0 Å². The van der Waals surface area contributed by atoms with E-state index in [1.54, 1.807) is 12.4 Å². The number of pyridine rings is 1. The molecule has 0 unspecified atom stereocenters. The Labute approximate surface area is 109 Å². The summed E-state index contributed by atoms with van der Waals surface area (Å²) < 4.78 is 0. The molecule has 18 heavy (non-hydrogen) atoms. The molecule has 2 N–H and O–H groups in total. The number of carboxylic acid groups (broad SMARTS) is 1. The summed E-state index contributed by atoms with van der Waals surface area (Å²) in [5.41, 5.74) is 1.90. The topological polar surface area (TPSA) is 75.1 Å². The van der Waals surface area contributed by atoms with Gasteiger partial charge in [0.25, 0.3) is 0 Å². The third-order valence-electron chi connectivity index (χ3n) is 2.31. The molecule has 0 bridgehead atoms. The van der Waals surface area contributed by atoms with Crippen LogP contribution in [0.15, 0.2) is 29.9 Å². The van der Waals surface area contributed by atoms with Crippen LogP contribution in [0.5, 0.6) is 0 Å². The first-order valence-corrected chi connectivity index (χ1v) is 6.41. The van der Waals surface area contributed by atoms with Gasteiger partial charge in [0.2, 0.25) is 0 Å². The van der Waals surface area contributed by atoms with Gasteiger partial charge in [-0.2, -0.15) is 0 Å². The first-order chi connectivity index (χ1) is 8.74. The summed E-state index contributed by atoms with van der Waals surface area (Å²) >= 11 is 1.48. The van der Waals surface area contributed by atoms with Gasteiger partial charge in [-0.1, -0.05) is 6.07 Å². The van der Waals surface area contributed by atoms with E-state index in [4.69, 9.17) is 5.11 Å². The fraction of sp³-hybridized carbons (Fsp3) is 0.250. The van der Waals surface area contributed by atoms with Crippen molar-refractivity contribution in [3.05, 3.63) is 41.2 Å². The number of nitrogens with one attached hydrogen (secondary N) is 1. The van der Waals surface area contributed by atoms with E-state index in [2.05, 4.69) is 15.3 Å². The van der Waals surface area contributed by atoms with E-state index >= 15 is 0 Å². The Morgan fingerprint density at radius 1 is 1.50 bits per heavy atom. The number of aliphatic carboxylic acids is 1. The summed E-state index contributed by atoms with van der Waals surface area (Å²) in [6.45, 7) is 0.666. The minimum atomic E-state index is -0.798. The van der Waals surface area contributed by atoms with Crippen molar-refractivity contribution in [3.8, 4) is 0 Å². The fourth-order valence-corrected chi connectivity index (χ4v) is 2.16.